The molecule has 1 aliphatic carbocycles. The van der Waals surface area contributed by atoms with Gasteiger partial charge in [-0.05, 0) is 19.8 Å². The lowest BCUT2D eigenvalue weighted by Gasteiger charge is -2.22. The lowest BCUT2D eigenvalue weighted by Crippen LogP contribution is -2.30. The first-order valence-corrected chi connectivity index (χ1v) is 5.99. The van der Waals surface area contributed by atoms with E-state index in [2.05, 4.69) is 10.5 Å². The van der Waals surface area contributed by atoms with Gasteiger partial charge < -0.3 is 9.84 Å². The van der Waals surface area contributed by atoms with Crippen LogP contribution < -0.4 is 5.32 Å². The maximum absolute atomic E-state index is 6.03. The normalized spacial score (nSPS) is 17.1. The summed E-state index contributed by atoms with van der Waals surface area (Å²) in [4.78, 5) is 0. The number of aromatic nitrogens is 1. The van der Waals surface area contributed by atoms with Gasteiger partial charge >= 0.3 is 0 Å². The molecular formula is C11H18Cl2N2O. The summed E-state index contributed by atoms with van der Waals surface area (Å²) in [6, 6.07) is 0.625. The molecule has 5 heteroatoms. The van der Waals surface area contributed by atoms with Crippen LogP contribution in [0.15, 0.2) is 4.52 Å². The number of nitrogens with zero attached hydrogens (tertiary/aromatic N) is 1. The van der Waals surface area contributed by atoms with Crippen molar-refractivity contribution >= 4 is 24.0 Å². The van der Waals surface area contributed by atoms with Gasteiger partial charge in [-0.25, -0.2) is 0 Å². The third-order valence-corrected chi connectivity index (χ3v) is 3.50. The number of aryl methyl sites for hydroxylation is 1. The van der Waals surface area contributed by atoms with Gasteiger partial charge in [0.05, 0.1) is 12.2 Å². The zero-order chi connectivity index (χ0) is 10.7. The molecule has 1 N–H and O–H groups in total. The molecule has 0 aromatic carbocycles. The van der Waals surface area contributed by atoms with Gasteiger partial charge in [-0.3, -0.25) is 0 Å². The fourth-order valence-electron chi connectivity index (χ4n) is 2.06. The molecule has 0 spiro atoms. The molecule has 0 aliphatic heterocycles. The number of halogens is 2. The second-order valence-electron chi connectivity index (χ2n) is 4.22. The highest BCUT2D eigenvalue weighted by molar-refractivity contribution is 6.31. The summed E-state index contributed by atoms with van der Waals surface area (Å²) in [6.07, 6.45) is 6.58. The second-order valence-corrected chi connectivity index (χ2v) is 4.60. The third kappa shape index (κ3) is 3.37. The highest BCUT2D eigenvalue weighted by Crippen LogP contribution is 2.21. The van der Waals surface area contributed by atoms with E-state index in [1.54, 1.807) is 0 Å². The van der Waals surface area contributed by atoms with Gasteiger partial charge in [0.25, 0.3) is 0 Å². The Bertz CT molecular complexity index is 322. The SMILES string of the molecule is Cc1noc(CNC2CCCCC2)c1Cl.Cl. The molecule has 3 nitrogen and oxygen atoms in total. The average Bonchev–Trinajstić information content (AvgIpc) is 2.59. The molecular weight excluding hydrogens is 247 g/mol. The third-order valence-electron chi connectivity index (χ3n) is 3.01. The van der Waals surface area contributed by atoms with E-state index >= 15 is 0 Å². The Labute approximate surface area is 107 Å². The number of hydrogen-bond donors (Lipinski definition) is 1. The van der Waals surface area contributed by atoms with Crippen molar-refractivity contribution in [3.8, 4) is 0 Å². The molecule has 1 aromatic heterocycles. The standard InChI is InChI=1S/C11H17ClN2O.ClH/c1-8-11(12)10(15-14-8)7-13-9-5-3-2-4-6-9;/h9,13H,2-7H2,1H3;1H. The molecule has 1 fully saturated rings. The van der Waals surface area contributed by atoms with E-state index in [1.165, 1.54) is 32.1 Å². The van der Waals surface area contributed by atoms with E-state index in [9.17, 15) is 0 Å². The zero-order valence-corrected chi connectivity index (χ0v) is 11.0. The first-order chi connectivity index (χ1) is 7.27. The van der Waals surface area contributed by atoms with E-state index < -0.39 is 0 Å². The van der Waals surface area contributed by atoms with Gasteiger partial charge in [-0.2, -0.15) is 0 Å². The minimum absolute atomic E-state index is 0. The molecule has 2 rings (SSSR count). The Morgan fingerprint density at radius 2 is 2.06 bits per heavy atom. The van der Waals surface area contributed by atoms with E-state index in [0.29, 0.717) is 17.6 Å². The maximum atomic E-state index is 6.03. The van der Waals surface area contributed by atoms with E-state index in [4.69, 9.17) is 16.1 Å². The molecule has 0 amide bonds. The summed E-state index contributed by atoms with van der Waals surface area (Å²) in [7, 11) is 0. The summed E-state index contributed by atoms with van der Waals surface area (Å²) >= 11 is 6.03. The van der Waals surface area contributed by atoms with E-state index in [-0.39, 0.29) is 12.4 Å². The minimum Gasteiger partial charge on any atom is -0.358 e. The topological polar surface area (TPSA) is 38.1 Å². The summed E-state index contributed by atoms with van der Waals surface area (Å²) in [6.45, 7) is 2.56. The van der Waals surface area contributed by atoms with Crippen molar-refractivity contribution < 1.29 is 4.52 Å². The Balaban J connectivity index is 0.00000128. The van der Waals surface area contributed by atoms with Crippen molar-refractivity contribution in [2.75, 3.05) is 0 Å². The lowest BCUT2D eigenvalue weighted by atomic mass is 9.95. The summed E-state index contributed by atoms with van der Waals surface area (Å²) in [5, 5.41) is 7.97. The monoisotopic (exact) mass is 264 g/mol. The van der Waals surface area contributed by atoms with Crippen molar-refractivity contribution in [2.45, 2.75) is 51.6 Å². The Kier molecular flexibility index (Phi) is 5.59. The number of rotatable bonds is 3. The van der Waals surface area contributed by atoms with Gasteiger partial charge in [-0.15, -0.1) is 12.4 Å². The van der Waals surface area contributed by atoms with Crippen molar-refractivity contribution in [1.82, 2.24) is 10.5 Å². The lowest BCUT2D eigenvalue weighted by molar-refractivity contribution is 0.330. The Morgan fingerprint density at radius 1 is 1.38 bits per heavy atom. The molecule has 0 saturated heterocycles. The van der Waals surface area contributed by atoms with Crippen LogP contribution in [0.1, 0.15) is 43.6 Å². The molecule has 0 radical (unpaired) electrons. The quantitative estimate of drug-likeness (QED) is 0.909. The molecule has 16 heavy (non-hydrogen) atoms. The van der Waals surface area contributed by atoms with Crippen LogP contribution in [0.3, 0.4) is 0 Å². The number of nitrogens with one attached hydrogen (secondary N) is 1. The van der Waals surface area contributed by atoms with Crippen LogP contribution in [0, 0.1) is 6.92 Å². The highest BCUT2D eigenvalue weighted by Gasteiger charge is 2.15. The van der Waals surface area contributed by atoms with Crippen LogP contribution in [0.5, 0.6) is 0 Å². The van der Waals surface area contributed by atoms with Crippen LogP contribution in [0.4, 0.5) is 0 Å². The van der Waals surface area contributed by atoms with Crippen LogP contribution in [-0.2, 0) is 6.54 Å². The predicted octanol–water partition coefficient (Wildman–Crippen LogP) is 3.48. The highest BCUT2D eigenvalue weighted by atomic mass is 35.5. The fourth-order valence-corrected chi connectivity index (χ4v) is 2.19. The van der Waals surface area contributed by atoms with Crippen molar-refractivity contribution in [3.63, 3.8) is 0 Å². The smallest absolute Gasteiger partial charge is 0.169 e. The Morgan fingerprint density at radius 3 is 2.62 bits per heavy atom. The molecule has 0 unspecified atom stereocenters. The molecule has 0 atom stereocenters. The number of hydrogen-bond acceptors (Lipinski definition) is 3. The van der Waals surface area contributed by atoms with Crippen LogP contribution in [0.2, 0.25) is 5.02 Å². The largest absolute Gasteiger partial charge is 0.358 e. The molecule has 1 aromatic rings. The van der Waals surface area contributed by atoms with Gasteiger partial charge in [0.1, 0.15) is 5.02 Å². The molecule has 1 saturated carbocycles. The first-order valence-electron chi connectivity index (χ1n) is 5.61. The van der Waals surface area contributed by atoms with Crippen LogP contribution >= 0.6 is 24.0 Å². The minimum atomic E-state index is 0. The predicted molar refractivity (Wildman–Crippen MR) is 67.2 cm³/mol. The molecule has 0 bridgehead atoms. The average molecular weight is 265 g/mol. The summed E-state index contributed by atoms with van der Waals surface area (Å²) in [5.41, 5.74) is 0.775. The van der Waals surface area contributed by atoms with E-state index in [0.717, 1.165) is 11.5 Å². The van der Waals surface area contributed by atoms with Crippen LogP contribution in [-0.4, -0.2) is 11.2 Å². The van der Waals surface area contributed by atoms with Crippen molar-refractivity contribution in [1.29, 1.82) is 0 Å². The fraction of sp³-hybridized carbons (Fsp3) is 0.727. The maximum Gasteiger partial charge on any atom is 0.169 e. The van der Waals surface area contributed by atoms with Gasteiger partial charge in [0, 0.05) is 6.04 Å². The van der Waals surface area contributed by atoms with E-state index in [1.807, 2.05) is 6.92 Å². The first kappa shape index (κ1) is 13.8. The van der Waals surface area contributed by atoms with Gasteiger partial charge in [0.2, 0.25) is 0 Å². The second kappa shape index (κ2) is 6.48. The summed E-state index contributed by atoms with van der Waals surface area (Å²) < 4.78 is 5.14. The van der Waals surface area contributed by atoms with Crippen molar-refractivity contribution in [3.05, 3.63) is 16.5 Å². The van der Waals surface area contributed by atoms with Crippen molar-refractivity contribution in [2.24, 2.45) is 0 Å². The Hall–Kier alpha value is -0.250. The van der Waals surface area contributed by atoms with Gasteiger partial charge in [0.15, 0.2) is 5.76 Å². The molecule has 1 heterocycles. The molecule has 1 aliphatic rings. The van der Waals surface area contributed by atoms with Crippen LogP contribution in [0.25, 0.3) is 0 Å². The summed E-state index contributed by atoms with van der Waals surface area (Å²) in [5.74, 6) is 0.764. The van der Waals surface area contributed by atoms with Gasteiger partial charge in [-0.1, -0.05) is 36.0 Å². The zero-order valence-electron chi connectivity index (χ0n) is 9.46. The molecule has 92 valence electrons.